The molecule has 3 aliphatic rings. The number of hydrogen-bond donors (Lipinski definition) is 0. The minimum atomic E-state index is -0.446. The molecule has 0 radical (unpaired) electrons. The van der Waals surface area contributed by atoms with Gasteiger partial charge in [-0.1, -0.05) is 6.42 Å². The summed E-state index contributed by atoms with van der Waals surface area (Å²) in [4.78, 5) is 25.7. The molecule has 130 valence electrons. The van der Waals surface area contributed by atoms with Gasteiger partial charge in [0, 0.05) is 13.1 Å². The highest BCUT2D eigenvalue weighted by Crippen LogP contribution is 2.48. The Kier molecular flexibility index (Phi) is 4.56. The van der Waals surface area contributed by atoms with Gasteiger partial charge in [0.15, 0.2) is 0 Å². The molecule has 5 heteroatoms. The Hall–Kier alpha value is -1.26. The summed E-state index contributed by atoms with van der Waals surface area (Å²) in [5.41, 5.74) is -0.446. The number of likely N-dealkylation sites (tertiary alicyclic amines) is 1. The zero-order chi connectivity index (χ0) is 16.6. The molecule has 2 bridgehead atoms. The summed E-state index contributed by atoms with van der Waals surface area (Å²) in [6.45, 7) is 7.52. The Morgan fingerprint density at radius 2 is 1.87 bits per heavy atom. The van der Waals surface area contributed by atoms with E-state index in [4.69, 9.17) is 9.47 Å². The third-order valence-electron chi connectivity index (χ3n) is 5.42. The lowest BCUT2D eigenvalue weighted by molar-refractivity contribution is -0.151. The number of rotatable bonds is 4. The van der Waals surface area contributed by atoms with E-state index in [-0.39, 0.29) is 18.0 Å². The topological polar surface area (TPSA) is 55.8 Å². The van der Waals surface area contributed by atoms with Gasteiger partial charge in [0.25, 0.3) is 0 Å². The van der Waals surface area contributed by atoms with E-state index in [1.54, 1.807) is 4.90 Å². The van der Waals surface area contributed by atoms with Gasteiger partial charge in [-0.05, 0) is 64.2 Å². The first-order valence-corrected chi connectivity index (χ1v) is 8.96. The highest BCUT2D eigenvalue weighted by Gasteiger charge is 2.44. The fourth-order valence-electron chi connectivity index (χ4n) is 4.19. The van der Waals surface area contributed by atoms with Crippen LogP contribution in [0.5, 0.6) is 0 Å². The summed E-state index contributed by atoms with van der Waals surface area (Å²) >= 11 is 0. The molecule has 1 amide bonds. The lowest BCUT2D eigenvalue weighted by Crippen LogP contribution is -2.51. The molecule has 0 aromatic carbocycles. The number of nitrogens with zero attached hydrogens (tertiary/aromatic N) is 1. The van der Waals surface area contributed by atoms with Crippen LogP contribution in [-0.2, 0) is 14.3 Å². The number of hydrogen-bond acceptors (Lipinski definition) is 4. The molecule has 0 spiro atoms. The second-order valence-electron chi connectivity index (χ2n) is 8.49. The van der Waals surface area contributed by atoms with Crippen molar-refractivity contribution in [1.29, 1.82) is 0 Å². The Morgan fingerprint density at radius 3 is 2.43 bits per heavy atom. The van der Waals surface area contributed by atoms with E-state index in [0.29, 0.717) is 31.5 Å². The molecular weight excluding hydrogens is 294 g/mol. The number of ether oxygens (including phenoxy) is 2. The predicted octanol–water partition coefficient (Wildman–Crippen LogP) is 3.22. The van der Waals surface area contributed by atoms with Gasteiger partial charge in [-0.2, -0.15) is 0 Å². The van der Waals surface area contributed by atoms with Crippen molar-refractivity contribution in [2.45, 2.75) is 58.5 Å². The summed E-state index contributed by atoms with van der Waals surface area (Å²) in [5.74, 6) is 1.95. The number of carbonyl (C=O) groups excluding carboxylic acids is 2. The molecule has 0 unspecified atom stereocenters. The van der Waals surface area contributed by atoms with Gasteiger partial charge >= 0.3 is 12.1 Å². The van der Waals surface area contributed by atoms with Gasteiger partial charge in [-0.25, -0.2) is 4.79 Å². The number of esters is 1. The third kappa shape index (κ3) is 3.99. The average Bonchev–Trinajstić information content (AvgIpc) is 3.01. The molecule has 1 aliphatic heterocycles. The van der Waals surface area contributed by atoms with Gasteiger partial charge < -0.3 is 14.4 Å². The lowest BCUT2D eigenvalue weighted by atomic mass is 9.89. The van der Waals surface area contributed by atoms with E-state index in [9.17, 15) is 9.59 Å². The van der Waals surface area contributed by atoms with Crippen molar-refractivity contribution in [3.63, 3.8) is 0 Å². The number of amides is 1. The smallest absolute Gasteiger partial charge is 0.410 e. The summed E-state index contributed by atoms with van der Waals surface area (Å²) < 4.78 is 10.8. The molecule has 1 heterocycles. The Morgan fingerprint density at radius 1 is 1.13 bits per heavy atom. The molecule has 1 saturated heterocycles. The van der Waals surface area contributed by atoms with Crippen molar-refractivity contribution >= 4 is 12.1 Å². The summed E-state index contributed by atoms with van der Waals surface area (Å²) in [6.07, 6.45) is 5.38. The van der Waals surface area contributed by atoms with E-state index in [1.165, 1.54) is 19.3 Å². The first-order valence-electron chi connectivity index (χ1n) is 8.96. The Balaban J connectivity index is 1.29. The van der Waals surface area contributed by atoms with Gasteiger partial charge in [0.05, 0.1) is 12.5 Å². The maximum absolute atomic E-state index is 12.1. The average molecular weight is 323 g/mol. The Labute approximate surface area is 138 Å². The van der Waals surface area contributed by atoms with E-state index < -0.39 is 5.60 Å². The van der Waals surface area contributed by atoms with Gasteiger partial charge in [-0.3, -0.25) is 4.79 Å². The van der Waals surface area contributed by atoms with E-state index in [1.807, 2.05) is 20.8 Å². The molecule has 23 heavy (non-hydrogen) atoms. The highest BCUT2D eigenvalue weighted by atomic mass is 16.6. The van der Waals surface area contributed by atoms with Crippen LogP contribution >= 0.6 is 0 Å². The van der Waals surface area contributed by atoms with Crippen LogP contribution in [0.4, 0.5) is 4.79 Å². The monoisotopic (exact) mass is 323 g/mol. The molecule has 3 rings (SSSR count). The van der Waals surface area contributed by atoms with Crippen LogP contribution in [0, 0.1) is 23.7 Å². The first-order chi connectivity index (χ1) is 10.8. The molecular formula is C18H29NO4. The second-order valence-corrected chi connectivity index (χ2v) is 8.49. The second kappa shape index (κ2) is 6.33. The van der Waals surface area contributed by atoms with Crippen molar-refractivity contribution in [2.24, 2.45) is 23.7 Å². The standard InChI is InChI=1S/C18H29NO4/c1-18(2,3)23-17(21)19-10-13(11-19)6-7-22-16(20)15-9-12-4-5-14(15)8-12/h12-15H,4-11H2,1-3H3/t12-,14-,15+/m0/s1. The van der Waals surface area contributed by atoms with Crippen molar-refractivity contribution in [1.82, 2.24) is 4.90 Å². The molecule has 5 nitrogen and oxygen atoms in total. The minimum absolute atomic E-state index is 0.0144. The molecule has 3 fully saturated rings. The normalized spacial score (nSPS) is 30.2. The molecule has 3 atom stereocenters. The van der Waals surface area contributed by atoms with Crippen molar-refractivity contribution in [2.75, 3.05) is 19.7 Å². The molecule has 0 N–H and O–H groups in total. The minimum Gasteiger partial charge on any atom is -0.465 e. The Bertz CT molecular complexity index is 464. The number of fused-ring (bicyclic) bond motifs is 2. The highest BCUT2D eigenvalue weighted by molar-refractivity contribution is 5.73. The van der Waals surface area contributed by atoms with E-state index >= 15 is 0 Å². The van der Waals surface area contributed by atoms with Crippen LogP contribution in [-0.4, -0.2) is 42.3 Å². The van der Waals surface area contributed by atoms with Gasteiger partial charge in [0.1, 0.15) is 5.60 Å². The largest absolute Gasteiger partial charge is 0.465 e. The number of carbonyl (C=O) groups is 2. The van der Waals surface area contributed by atoms with Crippen LogP contribution in [0.25, 0.3) is 0 Å². The molecule has 2 saturated carbocycles. The van der Waals surface area contributed by atoms with Crippen LogP contribution in [0.3, 0.4) is 0 Å². The fourth-order valence-corrected chi connectivity index (χ4v) is 4.19. The van der Waals surface area contributed by atoms with Crippen LogP contribution in [0.1, 0.15) is 52.9 Å². The SMILES string of the molecule is CC(C)(C)OC(=O)N1CC(CCOC(=O)[C@@H]2C[C@H]3CC[C@H]2C3)C1. The zero-order valence-electron chi connectivity index (χ0n) is 14.5. The van der Waals surface area contributed by atoms with Crippen LogP contribution in [0.2, 0.25) is 0 Å². The van der Waals surface area contributed by atoms with E-state index in [2.05, 4.69) is 0 Å². The lowest BCUT2D eigenvalue weighted by Gasteiger charge is -2.39. The summed E-state index contributed by atoms with van der Waals surface area (Å²) in [5, 5.41) is 0. The van der Waals surface area contributed by atoms with Crippen LogP contribution < -0.4 is 0 Å². The van der Waals surface area contributed by atoms with Gasteiger partial charge in [0.2, 0.25) is 0 Å². The maximum atomic E-state index is 12.1. The van der Waals surface area contributed by atoms with Gasteiger partial charge in [-0.15, -0.1) is 0 Å². The summed E-state index contributed by atoms with van der Waals surface area (Å²) in [6, 6.07) is 0. The van der Waals surface area contributed by atoms with Crippen molar-refractivity contribution in [3.05, 3.63) is 0 Å². The third-order valence-corrected chi connectivity index (χ3v) is 5.42. The zero-order valence-corrected chi connectivity index (χ0v) is 14.5. The van der Waals surface area contributed by atoms with Crippen LogP contribution in [0.15, 0.2) is 0 Å². The first kappa shape index (κ1) is 16.6. The quantitative estimate of drug-likeness (QED) is 0.745. The molecule has 0 aromatic rings. The maximum Gasteiger partial charge on any atom is 0.410 e. The fraction of sp³-hybridized carbons (Fsp3) is 0.889. The predicted molar refractivity (Wildman–Crippen MR) is 85.8 cm³/mol. The molecule has 0 aromatic heterocycles. The van der Waals surface area contributed by atoms with E-state index in [0.717, 1.165) is 18.8 Å². The van der Waals surface area contributed by atoms with Crippen molar-refractivity contribution in [3.8, 4) is 0 Å². The summed E-state index contributed by atoms with van der Waals surface area (Å²) in [7, 11) is 0. The van der Waals surface area contributed by atoms with Crippen molar-refractivity contribution < 1.29 is 19.1 Å². The molecule has 2 aliphatic carbocycles.